The van der Waals surface area contributed by atoms with Crippen LogP contribution in [0.25, 0.3) is 0 Å². The molecule has 12 heavy (non-hydrogen) atoms. The summed E-state index contributed by atoms with van der Waals surface area (Å²) in [6.45, 7) is 7.63. The van der Waals surface area contributed by atoms with Crippen molar-refractivity contribution in [3.63, 3.8) is 0 Å². The zero-order chi connectivity index (χ0) is 8.97. The van der Waals surface area contributed by atoms with Gasteiger partial charge < -0.3 is 4.90 Å². The van der Waals surface area contributed by atoms with E-state index < -0.39 is 0 Å². The molecule has 0 N–H and O–H groups in total. The summed E-state index contributed by atoms with van der Waals surface area (Å²) in [6, 6.07) is 0. The Morgan fingerprint density at radius 2 is 2.50 bits per heavy atom. The van der Waals surface area contributed by atoms with E-state index in [1.54, 1.807) is 6.08 Å². The fourth-order valence-electron chi connectivity index (χ4n) is 1.68. The third-order valence-electron chi connectivity index (χ3n) is 2.35. The molecule has 1 amide bonds. The molecule has 1 unspecified atom stereocenters. The Bertz CT molecular complexity index is 175. The molecule has 0 aromatic rings. The predicted octanol–water partition coefficient (Wildman–Crippen LogP) is 1.82. The lowest BCUT2D eigenvalue weighted by Crippen LogP contribution is -2.40. The van der Waals surface area contributed by atoms with E-state index in [4.69, 9.17) is 0 Å². The number of piperidine rings is 1. The first-order valence-electron chi connectivity index (χ1n) is 4.71. The van der Waals surface area contributed by atoms with E-state index in [1.807, 2.05) is 4.90 Å². The molecule has 0 bridgehead atoms. The largest absolute Gasteiger partial charge is 0.342 e. The van der Waals surface area contributed by atoms with Crippen LogP contribution in [0, 0.1) is 5.92 Å². The number of amides is 1. The summed E-state index contributed by atoms with van der Waals surface area (Å²) in [5.41, 5.74) is 0. The zero-order valence-corrected chi connectivity index (χ0v) is 7.75. The fourth-order valence-corrected chi connectivity index (χ4v) is 1.68. The standard InChI is InChI=1S/C10H17NO/c1-3-7-11-8-5-6-9(4-2)10(11)12/h4,9H,2-3,5-8H2,1H3. The first kappa shape index (κ1) is 9.30. The quantitative estimate of drug-likeness (QED) is 0.587. The Hall–Kier alpha value is -0.790. The van der Waals surface area contributed by atoms with E-state index in [1.165, 1.54) is 0 Å². The summed E-state index contributed by atoms with van der Waals surface area (Å²) < 4.78 is 0. The normalized spacial score (nSPS) is 24.2. The van der Waals surface area contributed by atoms with Crippen LogP contribution < -0.4 is 0 Å². The molecule has 0 aromatic carbocycles. The van der Waals surface area contributed by atoms with Crippen molar-refractivity contribution < 1.29 is 4.79 Å². The molecule has 0 radical (unpaired) electrons. The van der Waals surface area contributed by atoms with Crippen LogP contribution in [0.5, 0.6) is 0 Å². The van der Waals surface area contributed by atoms with Gasteiger partial charge in [0.1, 0.15) is 0 Å². The molecule has 1 fully saturated rings. The third-order valence-corrected chi connectivity index (χ3v) is 2.35. The van der Waals surface area contributed by atoms with Gasteiger partial charge in [0.2, 0.25) is 5.91 Å². The summed E-state index contributed by atoms with van der Waals surface area (Å²) in [5, 5.41) is 0. The molecule has 1 atom stereocenters. The predicted molar refractivity (Wildman–Crippen MR) is 49.8 cm³/mol. The molecule has 1 aliphatic heterocycles. The van der Waals surface area contributed by atoms with Crippen LogP contribution in [0.15, 0.2) is 12.7 Å². The summed E-state index contributed by atoms with van der Waals surface area (Å²) in [4.78, 5) is 13.6. The Morgan fingerprint density at radius 3 is 3.08 bits per heavy atom. The molecule has 0 spiro atoms. The lowest BCUT2D eigenvalue weighted by molar-refractivity contribution is -0.136. The van der Waals surface area contributed by atoms with Gasteiger partial charge in [-0.2, -0.15) is 0 Å². The van der Waals surface area contributed by atoms with Crippen LogP contribution in [0.1, 0.15) is 26.2 Å². The second-order valence-corrected chi connectivity index (χ2v) is 3.31. The van der Waals surface area contributed by atoms with Gasteiger partial charge in [0.15, 0.2) is 0 Å². The van der Waals surface area contributed by atoms with Crippen molar-refractivity contribution in [1.82, 2.24) is 4.90 Å². The second-order valence-electron chi connectivity index (χ2n) is 3.31. The molecular weight excluding hydrogens is 150 g/mol. The zero-order valence-electron chi connectivity index (χ0n) is 7.75. The van der Waals surface area contributed by atoms with Crippen LogP contribution in [0.2, 0.25) is 0 Å². The molecule has 1 saturated heterocycles. The van der Waals surface area contributed by atoms with Gasteiger partial charge in [-0.25, -0.2) is 0 Å². The Balaban J connectivity index is 2.53. The lowest BCUT2D eigenvalue weighted by atomic mass is 9.97. The number of hydrogen-bond acceptors (Lipinski definition) is 1. The van der Waals surface area contributed by atoms with Crippen LogP contribution in [0.3, 0.4) is 0 Å². The number of likely N-dealkylation sites (tertiary alicyclic amines) is 1. The van der Waals surface area contributed by atoms with Crippen molar-refractivity contribution in [3.8, 4) is 0 Å². The average Bonchev–Trinajstić information content (AvgIpc) is 2.09. The maximum atomic E-state index is 11.6. The molecule has 1 aliphatic rings. The van der Waals surface area contributed by atoms with Crippen LogP contribution >= 0.6 is 0 Å². The van der Waals surface area contributed by atoms with Crippen LogP contribution in [-0.4, -0.2) is 23.9 Å². The van der Waals surface area contributed by atoms with E-state index in [-0.39, 0.29) is 11.8 Å². The highest BCUT2D eigenvalue weighted by Crippen LogP contribution is 2.18. The minimum Gasteiger partial charge on any atom is -0.342 e. The first-order chi connectivity index (χ1) is 5.79. The van der Waals surface area contributed by atoms with Gasteiger partial charge in [0.05, 0.1) is 5.92 Å². The Morgan fingerprint density at radius 1 is 1.75 bits per heavy atom. The number of rotatable bonds is 3. The van der Waals surface area contributed by atoms with Gasteiger partial charge in [-0.15, -0.1) is 6.58 Å². The highest BCUT2D eigenvalue weighted by Gasteiger charge is 2.25. The fraction of sp³-hybridized carbons (Fsp3) is 0.700. The molecule has 0 aliphatic carbocycles. The molecule has 1 rings (SSSR count). The Kier molecular flexibility index (Phi) is 3.32. The summed E-state index contributed by atoms with van der Waals surface area (Å²) in [6.07, 6.45) is 4.95. The van der Waals surface area contributed by atoms with Gasteiger partial charge in [-0.05, 0) is 19.3 Å². The van der Waals surface area contributed by atoms with E-state index in [0.29, 0.717) is 0 Å². The topological polar surface area (TPSA) is 20.3 Å². The summed E-state index contributed by atoms with van der Waals surface area (Å²) in [7, 11) is 0. The van der Waals surface area contributed by atoms with Crippen LogP contribution in [0.4, 0.5) is 0 Å². The molecule has 0 aromatic heterocycles. The minimum absolute atomic E-state index is 0.0882. The van der Waals surface area contributed by atoms with Crippen molar-refractivity contribution >= 4 is 5.91 Å². The van der Waals surface area contributed by atoms with Crippen molar-refractivity contribution in [2.75, 3.05) is 13.1 Å². The molecule has 1 heterocycles. The highest BCUT2D eigenvalue weighted by molar-refractivity contribution is 5.81. The third kappa shape index (κ3) is 1.87. The van der Waals surface area contributed by atoms with Gasteiger partial charge in [-0.3, -0.25) is 4.79 Å². The van der Waals surface area contributed by atoms with E-state index in [2.05, 4.69) is 13.5 Å². The molecule has 2 heteroatoms. The first-order valence-corrected chi connectivity index (χ1v) is 4.71. The number of nitrogens with zero attached hydrogens (tertiary/aromatic N) is 1. The number of carbonyl (C=O) groups excluding carboxylic acids is 1. The Labute approximate surface area is 74.2 Å². The minimum atomic E-state index is 0.0882. The van der Waals surface area contributed by atoms with E-state index in [9.17, 15) is 4.79 Å². The van der Waals surface area contributed by atoms with Gasteiger partial charge in [0, 0.05) is 13.1 Å². The molecule has 2 nitrogen and oxygen atoms in total. The van der Waals surface area contributed by atoms with Gasteiger partial charge >= 0.3 is 0 Å². The summed E-state index contributed by atoms with van der Waals surface area (Å²) >= 11 is 0. The van der Waals surface area contributed by atoms with Crippen molar-refractivity contribution in [2.45, 2.75) is 26.2 Å². The van der Waals surface area contributed by atoms with E-state index in [0.717, 1.165) is 32.4 Å². The maximum Gasteiger partial charge on any atom is 0.229 e. The van der Waals surface area contributed by atoms with Gasteiger partial charge in [-0.1, -0.05) is 13.0 Å². The maximum absolute atomic E-state index is 11.6. The number of carbonyl (C=O) groups is 1. The molecular formula is C10H17NO. The number of hydrogen-bond donors (Lipinski definition) is 0. The molecule has 68 valence electrons. The SMILES string of the molecule is C=CC1CCCN(CCC)C1=O. The summed E-state index contributed by atoms with van der Waals surface area (Å²) in [5.74, 6) is 0.364. The van der Waals surface area contributed by atoms with Crippen molar-refractivity contribution in [1.29, 1.82) is 0 Å². The van der Waals surface area contributed by atoms with Crippen molar-refractivity contribution in [3.05, 3.63) is 12.7 Å². The smallest absolute Gasteiger partial charge is 0.229 e. The van der Waals surface area contributed by atoms with Crippen LogP contribution in [-0.2, 0) is 4.79 Å². The monoisotopic (exact) mass is 167 g/mol. The highest BCUT2D eigenvalue weighted by atomic mass is 16.2. The second kappa shape index (κ2) is 4.29. The average molecular weight is 167 g/mol. The van der Waals surface area contributed by atoms with Crippen molar-refractivity contribution in [2.24, 2.45) is 5.92 Å². The molecule has 0 saturated carbocycles. The van der Waals surface area contributed by atoms with E-state index >= 15 is 0 Å². The van der Waals surface area contributed by atoms with Gasteiger partial charge in [0.25, 0.3) is 0 Å². The lowest BCUT2D eigenvalue weighted by Gasteiger charge is -2.30.